The van der Waals surface area contributed by atoms with Gasteiger partial charge in [-0.05, 0) is 48.9 Å². The van der Waals surface area contributed by atoms with Crippen molar-refractivity contribution in [2.45, 2.75) is 13.0 Å². The van der Waals surface area contributed by atoms with Crippen LogP contribution in [0.15, 0.2) is 73.2 Å². The third kappa shape index (κ3) is 3.07. The lowest BCUT2D eigenvalue weighted by Gasteiger charge is -2.20. The second-order valence-electron chi connectivity index (χ2n) is 6.19. The quantitative estimate of drug-likeness (QED) is 0.593. The number of hydrogen-bond acceptors (Lipinski definition) is 4. The van der Waals surface area contributed by atoms with Gasteiger partial charge >= 0.3 is 0 Å². The Labute approximate surface area is 151 Å². The van der Waals surface area contributed by atoms with E-state index in [1.54, 1.807) is 18.6 Å². The zero-order valence-corrected chi connectivity index (χ0v) is 14.3. The highest BCUT2D eigenvalue weighted by atomic mass is 16.3. The molecule has 3 aromatic heterocycles. The first-order valence-corrected chi connectivity index (χ1v) is 8.45. The highest BCUT2D eigenvalue weighted by molar-refractivity contribution is 5.83. The minimum atomic E-state index is -0.330. The second-order valence-corrected chi connectivity index (χ2v) is 6.19. The van der Waals surface area contributed by atoms with Crippen molar-refractivity contribution >= 4 is 16.7 Å². The third-order valence-corrected chi connectivity index (χ3v) is 4.34. The summed E-state index contributed by atoms with van der Waals surface area (Å²) in [7, 11) is 0. The predicted molar refractivity (Wildman–Crippen MR) is 101 cm³/mol. The highest BCUT2D eigenvalue weighted by Gasteiger charge is 2.23. The molecule has 0 aliphatic carbocycles. The van der Waals surface area contributed by atoms with Crippen molar-refractivity contribution in [2.24, 2.45) is 0 Å². The van der Waals surface area contributed by atoms with E-state index in [1.807, 2.05) is 61.5 Å². The minimum absolute atomic E-state index is 0.207. The topological polar surface area (TPSA) is 72.2 Å². The first-order valence-electron chi connectivity index (χ1n) is 8.45. The Morgan fingerprint density at radius 1 is 1.00 bits per heavy atom. The number of H-pyrrole nitrogens is 1. The lowest BCUT2D eigenvalue weighted by atomic mass is 9.99. The number of aromatic hydroxyl groups is 1. The molecule has 4 aromatic rings. The Hall–Kier alpha value is -3.47. The van der Waals surface area contributed by atoms with Crippen molar-refractivity contribution in [1.29, 1.82) is 0 Å². The number of benzene rings is 1. The molecule has 5 heteroatoms. The molecule has 0 aliphatic heterocycles. The monoisotopic (exact) mass is 343 g/mol. The summed E-state index contributed by atoms with van der Waals surface area (Å²) in [6.45, 7) is 2.02. The number of fused-ring (bicyclic) bond motifs is 1. The van der Waals surface area contributed by atoms with Gasteiger partial charge in [0.25, 0.3) is 5.52 Å². The molecule has 0 amide bonds. The van der Waals surface area contributed by atoms with Gasteiger partial charge in [-0.1, -0.05) is 12.1 Å². The van der Waals surface area contributed by atoms with E-state index < -0.39 is 0 Å². The van der Waals surface area contributed by atoms with Gasteiger partial charge in [0.15, 0.2) is 11.9 Å². The number of anilines is 1. The maximum atomic E-state index is 10.9. The molecule has 0 fully saturated rings. The Balaban J connectivity index is 1.84. The molecule has 1 atom stereocenters. The average molecular weight is 343 g/mol. The fraction of sp³-hybridized carbons (Fsp3) is 0.0952. The Morgan fingerprint density at radius 3 is 2.73 bits per heavy atom. The molecule has 3 N–H and O–H groups in total. The van der Waals surface area contributed by atoms with Crippen LogP contribution in [0.25, 0.3) is 10.9 Å². The van der Waals surface area contributed by atoms with Crippen LogP contribution in [0, 0.1) is 6.92 Å². The molecule has 0 spiro atoms. The van der Waals surface area contributed by atoms with Gasteiger partial charge in [0, 0.05) is 24.0 Å². The molecule has 4 rings (SSSR count). The minimum Gasteiger partial charge on any atom is -0.502 e. The van der Waals surface area contributed by atoms with Crippen molar-refractivity contribution in [2.75, 3.05) is 5.32 Å². The molecule has 0 bridgehead atoms. The van der Waals surface area contributed by atoms with Crippen LogP contribution in [0.3, 0.4) is 0 Å². The normalized spacial score (nSPS) is 12.0. The summed E-state index contributed by atoms with van der Waals surface area (Å²) in [4.78, 5) is 12.0. The summed E-state index contributed by atoms with van der Waals surface area (Å²) in [5.74, 6) is 0.941. The molecule has 5 nitrogen and oxygen atoms in total. The maximum Gasteiger partial charge on any atom is 0.253 e. The number of hydrogen-bond donors (Lipinski definition) is 2. The second kappa shape index (κ2) is 6.80. The Morgan fingerprint density at radius 2 is 1.92 bits per heavy atom. The van der Waals surface area contributed by atoms with E-state index in [-0.39, 0.29) is 11.8 Å². The molecule has 1 aromatic carbocycles. The molecule has 26 heavy (non-hydrogen) atoms. The summed E-state index contributed by atoms with van der Waals surface area (Å²) >= 11 is 0. The fourth-order valence-corrected chi connectivity index (χ4v) is 3.05. The first kappa shape index (κ1) is 16.0. The Kier molecular flexibility index (Phi) is 4.19. The molecule has 1 unspecified atom stereocenters. The zero-order chi connectivity index (χ0) is 17.9. The van der Waals surface area contributed by atoms with Crippen LogP contribution in [-0.4, -0.2) is 15.1 Å². The van der Waals surface area contributed by atoms with Crippen LogP contribution in [0.5, 0.6) is 5.75 Å². The van der Waals surface area contributed by atoms with E-state index in [1.165, 1.54) is 0 Å². The number of phenolic OH excluding ortho intramolecular Hbond substituents is 1. The van der Waals surface area contributed by atoms with Crippen LogP contribution in [-0.2, 0) is 0 Å². The van der Waals surface area contributed by atoms with Crippen molar-refractivity contribution in [1.82, 2.24) is 9.97 Å². The van der Waals surface area contributed by atoms with Gasteiger partial charge < -0.3 is 10.4 Å². The summed E-state index contributed by atoms with van der Waals surface area (Å²) in [5, 5.41) is 15.3. The number of aryl methyl sites for hydroxylation is 1. The standard InChI is InChI=1S/C21H18N4O/c1-14-9-12-23-18(13-14)25-20(17-6-2-3-10-22-17)16-8-7-15-5-4-11-24-19(15)21(16)26/h2-13,20,26H,1H3,(H,23,25)/p+1. The zero-order valence-electron chi connectivity index (χ0n) is 14.3. The van der Waals surface area contributed by atoms with Gasteiger partial charge in [-0.2, -0.15) is 0 Å². The maximum absolute atomic E-state index is 10.9. The van der Waals surface area contributed by atoms with Gasteiger partial charge in [0.2, 0.25) is 0 Å². The van der Waals surface area contributed by atoms with E-state index in [0.29, 0.717) is 5.52 Å². The van der Waals surface area contributed by atoms with E-state index in [0.717, 1.165) is 28.0 Å². The lowest BCUT2D eigenvalue weighted by Crippen LogP contribution is -2.16. The van der Waals surface area contributed by atoms with Gasteiger partial charge in [0.1, 0.15) is 5.82 Å². The van der Waals surface area contributed by atoms with Crippen LogP contribution in [0.1, 0.15) is 22.9 Å². The van der Waals surface area contributed by atoms with Gasteiger partial charge in [0.05, 0.1) is 17.1 Å². The van der Waals surface area contributed by atoms with Crippen LogP contribution in [0.2, 0.25) is 0 Å². The van der Waals surface area contributed by atoms with Gasteiger partial charge in [-0.25, -0.2) is 9.97 Å². The van der Waals surface area contributed by atoms with Crippen molar-refractivity contribution in [3.8, 4) is 5.75 Å². The highest BCUT2D eigenvalue weighted by Crippen LogP contribution is 2.34. The molecule has 3 heterocycles. The van der Waals surface area contributed by atoms with Crippen LogP contribution >= 0.6 is 0 Å². The number of aromatic nitrogens is 3. The summed E-state index contributed by atoms with van der Waals surface area (Å²) in [5.41, 5.74) is 3.35. The molecule has 128 valence electrons. The SMILES string of the molecule is Cc1ccnc(NC(c2ccccn2)c2ccc3ccc[nH+]c3c2O)c1. The number of phenols is 1. The molecule has 0 saturated carbocycles. The van der Waals surface area contributed by atoms with E-state index in [9.17, 15) is 5.11 Å². The summed E-state index contributed by atoms with van der Waals surface area (Å²) in [6, 6.07) is 17.1. The smallest absolute Gasteiger partial charge is 0.253 e. The molecule has 0 radical (unpaired) electrons. The van der Waals surface area contributed by atoms with Crippen LogP contribution in [0.4, 0.5) is 5.82 Å². The van der Waals surface area contributed by atoms with Gasteiger partial charge in [-0.3, -0.25) is 4.98 Å². The molecule has 0 aliphatic rings. The van der Waals surface area contributed by atoms with Gasteiger partial charge in [-0.15, -0.1) is 0 Å². The van der Waals surface area contributed by atoms with Crippen molar-refractivity contribution in [3.05, 3.63) is 90.0 Å². The van der Waals surface area contributed by atoms with Crippen molar-refractivity contribution < 1.29 is 10.1 Å². The molecule has 0 saturated heterocycles. The van der Waals surface area contributed by atoms with E-state index >= 15 is 0 Å². The summed E-state index contributed by atoms with van der Waals surface area (Å²) in [6.07, 6.45) is 5.32. The van der Waals surface area contributed by atoms with Crippen LogP contribution < -0.4 is 10.3 Å². The lowest BCUT2D eigenvalue weighted by molar-refractivity contribution is -0.345. The summed E-state index contributed by atoms with van der Waals surface area (Å²) < 4.78 is 0. The number of aromatic amines is 1. The largest absolute Gasteiger partial charge is 0.502 e. The Bertz CT molecular complexity index is 1050. The van der Waals surface area contributed by atoms with E-state index in [4.69, 9.17) is 0 Å². The van der Waals surface area contributed by atoms with Crippen molar-refractivity contribution in [3.63, 3.8) is 0 Å². The average Bonchev–Trinajstić information content (AvgIpc) is 2.68. The number of rotatable bonds is 4. The first-order chi connectivity index (χ1) is 12.7. The third-order valence-electron chi connectivity index (χ3n) is 4.34. The fourth-order valence-electron chi connectivity index (χ4n) is 3.05. The number of nitrogens with one attached hydrogen (secondary N) is 2. The number of nitrogens with zero attached hydrogens (tertiary/aromatic N) is 2. The number of pyridine rings is 3. The predicted octanol–water partition coefficient (Wildman–Crippen LogP) is 3.66. The van der Waals surface area contributed by atoms with E-state index in [2.05, 4.69) is 20.3 Å². The molecular weight excluding hydrogens is 324 g/mol. The molecular formula is C21H19N4O+.